The molecular weight excluding hydrogens is 466 g/mol. The molecule has 33 heavy (non-hydrogen) atoms. The number of allylic oxidation sites excluding steroid dienone is 4. The summed E-state index contributed by atoms with van der Waals surface area (Å²) < 4.78 is 51.9. The van der Waals surface area contributed by atoms with E-state index in [4.69, 9.17) is 4.55 Å². The molecule has 4 aliphatic carbocycles. The van der Waals surface area contributed by atoms with Crippen LogP contribution in [0.15, 0.2) is 23.8 Å². The van der Waals surface area contributed by atoms with Crippen molar-refractivity contribution >= 4 is 22.0 Å². The van der Waals surface area contributed by atoms with Crippen LogP contribution in [0, 0.1) is 28.6 Å². The quantitative estimate of drug-likeness (QED) is 0.324. The summed E-state index contributed by atoms with van der Waals surface area (Å²) in [7, 11) is -4.89. The first-order valence-corrected chi connectivity index (χ1v) is 12.2. The largest absolute Gasteiger partial charge is 1.00 e. The van der Waals surface area contributed by atoms with Crippen molar-refractivity contribution in [3.05, 3.63) is 23.8 Å². The van der Waals surface area contributed by atoms with Crippen LogP contribution in [0.1, 0.15) is 46.5 Å². The fourth-order valence-corrected chi connectivity index (χ4v) is 7.63. The predicted octanol–water partition coefficient (Wildman–Crippen LogP) is -1.27. The summed E-state index contributed by atoms with van der Waals surface area (Å²) in [6.45, 7) is 3.88. The Balaban J connectivity index is 0.00000306. The number of hydrogen-bond donors (Lipinski definition) is 3. The summed E-state index contributed by atoms with van der Waals surface area (Å²) in [5, 5.41) is 22.8. The molecule has 4 aliphatic rings. The maximum Gasteiger partial charge on any atom is 1.00 e. The molecule has 0 aliphatic heterocycles. The van der Waals surface area contributed by atoms with Gasteiger partial charge in [-0.05, 0) is 56.6 Å². The Kier molecular flexibility index (Phi) is 6.82. The number of alkyl halides is 1. The monoisotopic (exact) mass is 495 g/mol. The Morgan fingerprint density at radius 3 is 2.55 bits per heavy atom. The smallest absolute Gasteiger partial charge is 0.390 e. The molecule has 3 N–H and O–H groups in total. The van der Waals surface area contributed by atoms with E-state index in [0.29, 0.717) is 24.8 Å². The average Bonchev–Trinajstić information content (AvgIpc) is 2.89. The molecule has 11 heteroatoms. The van der Waals surface area contributed by atoms with Crippen LogP contribution in [0.5, 0.6) is 0 Å². The molecule has 8 atom stereocenters. The van der Waals surface area contributed by atoms with Gasteiger partial charge in [0.05, 0.1) is 6.10 Å². The number of rotatable bonds is 4. The Bertz CT molecular complexity index is 1040. The number of aliphatic hydroxyl groups excluding tert-OH is 1. The van der Waals surface area contributed by atoms with Gasteiger partial charge in [0.15, 0.2) is 17.2 Å². The van der Waals surface area contributed by atoms with Crippen molar-refractivity contribution in [1.29, 1.82) is 0 Å². The number of aliphatic hydroxyl groups is 2. The first-order valence-electron chi connectivity index (χ1n) is 10.8. The predicted molar refractivity (Wildman–Crippen MR) is 110 cm³/mol. The van der Waals surface area contributed by atoms with Crippen molar-refractivity contribution < 1.29 is 70.9 Å². The van der Waals surface area contributed by atoms with E-state index in [1.807, 2.05) is 0 Å². The Labute approximate surface area is 214 Å². The van der Waals surface area contributed by atoms with E-state index in [1.165, 1.54) is 18.2 Å². The number of carbonyl (C=O) groups excluding carboxylic acids is 2. The zero-order chi connectivity index (χ0) is 23.9. The fraction of sp³-hybridized carbons (Fsp3) is 0.727. The second-order valence-electron chi connectivity index (χ2n) is 10.3. The maximum atomic E-state index is 17.0. The SMILES string of the molecule is C[C@@H]1C[C@H]2[C@@H]3CCC4=CC(=O)C=C[C@]4(C)[C@@]3(F)[C@@H](O)C[C@]2(C)[C@@]1(O)C(=O)COS(=O)(=O)O.[Na+]. The van der Waals surface area contributed by atoms with Crippen LogP contribution in [-0.2, 0) is 24.2 Å². The van der Waals surface area contributed by atoms with E-state index in [-0.39, 0.29) is 41.8 Å². The molecule has 0 heterocycles. The van der Waals surface area contributed by atoms with E-state index in [2.05, 4.69) is 4.18 Å². The zero-order valence-corrected chi connectivity index (χ0v) is 22.1. The molecule has 0 aromatic carbocycles. The molecule has 0 bridgehead atoms. The van der Waals surface area contributed by atoms with Gasteiger partial charge in [0, 0.05) is 16.7 Å². The van der Waals surface area contributed by atoms with Crippen molar-refractivity contribution in [1.82, 2.24) is 0 Å². The van der Waals surface area contributed by atoms with E-state index in [1.54, 1.807) is 20.8 Å². The molecule has 0 radical (unpaired) electrons. The topological polar surface area (TPSA) is 138 Å². The molecule has 0 aromatic heterocycles. The number of hydrogen-bond acceptors (Lipinski definition) is 7. The molecule has 0 amide bonds. The van der Waals surface area contributed by atoms with Crippen molar-refractivity contribution in [3.8, 4) is 0 Å². The van der Waals surface area contributed by atoms with Gasteiger partial charge >= 0.3 is 40.0 Å². The Hall–Kier alpha value is -0.460. The molecule has 3 saturated carbocycles. The molecule has 8 nitrogen and oxygen atoms in total. The minimum absolute atomic E-state index is 0. The van der Waals surface area contributed by atoms with Crippen LogP contribution >= 0.6 is 0 Å². The third-order valence-corrected chi connectivity index (χ3v) is 9.40. The first-order chi connectivity index (χ1) is 14.6. The molecular formula is C22H29FNaO8S+. The van der Waals surface area contributed by atoms with E-state index < -0.39 is 68.7 Å². The van der Waals surface area contributed by atoms with Crippen LogP contribution in [0.25, 0.3) is 0 Å². The van der Waals surface area contributed by atoms with Gasteiger partial charge in [0.1, 0.15) is 12.2 Å². The minimum Gasteiger partial charge on any atom is -0.390 e. The Morgan fingerprint density at radius 1 is 1.30 bits per heavy atom. The first kappa shape index (κ1) is 27.1. The third kappa shape index (κ3) is 3.59. The van der Waals surface area contributed by atoms with Gasteiger partial charge in [-0.25, -0.2) is 8.57 Å². The number of halogens is 1. The van der Waals surface area contributed by atoms with Crippen LogP contribution in [0.3, 0.4) is 0 Å². The summed E-state index contributed by atoms with van der Waals surface area (Å²) in [5.41, 5.74) is -5.97. The van der Waals surface area contributed by atoms with Crippen LogP contribution < -0.4 is 29.6 Å². The molecule has 4 rings (SSSR count). The summed E-state index contributed by atoms with van der Waals surface area (Å²) in [4.78, 5) is 24.9. The normalized spacial score (nSPS) is 46.5. The standard InChI is InChI=1S/C22H29FO8S.Na/c1-12-8-16-15-5-4-13-9-14(24)6-7-19(13,2)21(15,23)17(25)10-20(16,3)22(12,27)18(26)11-31-32(28,29)30;/h6-7,9,12,15-17,25,27H,4-5,8,10-11H2,1-3H3,(H,28,29,30);/q;+1/t12-,15+,16+,17+,19+,20+,21+,22+;/m1./s1. The second kappa shape index (κ2) is 8.30. The van der Waals surface area contributed by atoms with Crippen molar-refractivity contribution in [2.24, 2.45) is 28.6 Å². The van der Waals surface area contributed by atoms with Gasteiger partial charge in [-0.1, -0.05) is 25.5 Å². The molecule has 3 fully saturated rings. The van der Waals surface area contributed by atoms with E-state index >= 15 is 4.39 Å². The van der Waals surface area contributed by atoms with Crippen molar-refractivity contribution in [3.63, 3.8) is 0 Å². The molecule has 0 saturated heterocycles. The summed E-state index contributed by atoms with van der Waals surface area (Å²) in [5.74, 6) is -2.98. The van der Waals surface area contributed by atoms with Crippen LogP contribution in [-0.4, -0.2) is 58.7 Å². The molecule has 178 valence electrons. The van der Waals surface area contributed by atoms with Crippen molar-refractivity contribution in [2.45, 2.75) is 63.8 Å². The minimum atomic E-state index is -4.89. The summed E-state index contributed by atoms with van der Waals surface area (Å²) in [6.07, 6.45) is 3.60. The number of fused-ring (bicyclic) bond motifs is 5. The second-order valence-corrected chi connectivity index (χ2v) is 11.4. The van der Waals surface area contributed by atoms with Gasteiger partial charge in [-0.2, -0.15) is 8.42 Å². The van der Waals surface area contributed by atoms with Gasteiger partial charge < -0.3 is 10.2 Å². The molecule has 0 aromatic rings. The Morgan fingerprint density at radius 2 is 1.94 bits per heavy atom. The molecule has 0 spiro atoms. The number of Topliss-reactive ketones (excluding diaryl/α,β-unsaturated/α-hetero) is 1. The molecule has 0 unspecified atom stereocenters. The maximum absolute atomic E-state index is 17.0. The zero-order valence-electron chi connectivity index (χ0n) is 19.2. The van der Waals surface area contributed by atoms with Crippen molar-refractivity contribution in [2.75, 3.05) is 6.61 Å². The van der Waals surface area contributed by atoms with Gasteiger partial charge in [-0.15, -0.1) is 0 Å². The number of ketones is 2. The fourth-order valence-electron chi connectivity index (χ4n) is 7.38. The van der Waals surface area contributed by atoms with Crippen LogP contribution in [0.4, 0.5) is 4.39 Å². The van der Waals surface area contributed by atoms with Gasteiger partial charge in [0.2, 0.25) is 0 Å². The third-order valence-electron chi connectivity index (χ3n) is 8.99. The summed E-state index contributed by atoms with van der Waals surface area (Å²) >= 11 is 0. The van der Waals surface area contributed by atoms with Gasteiger partial charge in [0.25, 0.3) is 0 Å². The summed E-state index contributed by atoms with van der Waals surface area (Å²) in [6, 6.07) is 0. The van der Waals surface area contributed by atoms with E-state index in [9.17, 15) is 28.2 Å². The van der Waals surface area contributed by atoms with Crippen LogP contribution in [0.2, 0.25) is 0 Å². The van der Waals surface area contributed by atoms with E-state index in [0.717, 1.165) is 0 Å². The average molecular weight is 496 g/mol. The number of carbonyl (C=O) groups is 2. The van der Waals surface area contributed by atoms with Gasteiger partial charge in [-0.3, -0.25) is 14.1 Å².